The summed E-state index contributed by atoms with van der Waals surface area (Å²) in [4.78, 5) is 11.3. The van der Waals surface area contributed by atoms with Gasteiger partial charge in [-0.15, -0.1) is 0 Å². The first-order chi connectivity index (χ1) is 5.27. The lowest BCUT2D eigenvalue weighted by molar-refractivity contribution is -0.119. The lowest BCUT2D eigenvalue weighted by Gasteiger charge is -2.10. The highest BCUT2D eigenvalue weighted by molar-refractivity contribution is 5.90. The van der Waals surface area contributed by atoms with Crippen LogP contribution in [0.25, 0.3) is 0 Å². The smallest absolute Gasteiger partial charge is 0.227 e. The second-order valence-electron chi connectivity index (χ2n) is 3.06. The molecule has 0 unspecified atom stereocenters. The third kappa shape index (κ3) is 2.52. The van der Waals surface area contributed by atoms with Crippen LogP contribution in [0.2, 0.25) is 0 Å². The van der Waals surface area contributed by atoms with E-state index in [4.69, 9.17) is 0 Å². The van der Waals surface area contributed by atoms with Crippen molar-refractivity contribution >= 4 is 5.91 Å². The van der Waals surface area contributed by atoms with Gasteiger partial charge in [-0.2, -0.15) is 0 Å². The summed E-state index contributed by atoms with van der Waals surface area (Å²) in [5.41, 5.74) is 0. The number of rotatable bonds is 4. The van der Waals surface area contributed by atoms with Crippen molar-refractivity contribution in [2.24, 2.45) is 0 Å². The van der Waals surface area contributed by atoms with Gasteiger partial charge in [-0.25, -0.2) is 0 Å². The Kier molecular flexibility index (Phi) is 2.92. The number of nitrogens with one attached hydrogen (secondary N) is 1. The lowest BCUT2D eigenvalue weighted by atomic mass is 10.0. The maximum atomic E-state index is 11.3. The molecule has 1 saturated carbocycles. The molecule has 0 aromatic heterocycles. The molecule has 0 atom stereocenters. The molecule has 2 heteroatoms. The van der Waals surface area contributed by atoms with Crippen molar-refractivity contribution in [3.8, 4) is 0 Å². The first-order valence-electron chi connectivity index (χ1n) is 4.43. The van der Waals surface area contributed by atoms with Gasteiger partial charge in [0.15, 0.2) is 0 Å². The summed E-state index contributed by atoms with van der Waals surface area (Å²) in [5.74, 6) is 1.20. The van der Waals surface area contributed by atoms with Crippen LogP contribution in [-0.4, -0.2) is 11.9 Å². The summed E-state index contributed by atoms with van der Waals surface area (Å²) >= 11 is 0. The van der Waals surface area contributed by atoms with Crippen LogP contribution >= 0.6 is 0 Å². The van der Waals surface area contributed by atoms with E-state index < -0.39 is 0 Å². The summed E-state index contributed by atoms with van der Waals surface area (Å²) in [7, 11) is 0. The average molecular weight is 154 g/mol. The van der Waals surface area contributed by atoms with E-state index >= 15 is 0 Å². The topological polar surface area (TPSA) is 29.1 Å². The van der Waals surface area contributed by atoms with Crippen LogP contribution in [0.3, 0.4) is 0 Å². The molecule has 0 aromatic carbocycles. The van der Waals surface area contributed by atoms with Gasteiger partial charge in [-0.05, 0) is 25.7 Å². The van der Waals surface area contributed by atoms with Crippen molar-refractivity contribution in [3.05, 3.63) is 5.92 Å². The molecule has 0 aromatic rings. The van der Waals surface area contributed by atoms with Gasteiger partial charge in [0, 0.05) is 6.04 Å². The van der Waals surface area contributed by atoms with Crippen LogP contribution in [0.4, 0.5) is 0 Å². The Morgan fingerprint density at radius 3 is 2.27 bits per heavy atom. The van der Waals surface area contributed by atoms with Crippen LogP contribution in [-0.2, 0) is 4.79 Å². The number of carbonyl (C=O) groups is 1. The molecule has 0 heterocycles. The van der Waals surface area contributed by atoms with E-state index in [0.717, 1.165) is 18.8 Å². The van der Waals surface area contributed by atoms with Gasteiger partial charge in [0.1, 0.15) is 0 Å². The highest BCUT2D eigenvalue weighted by Crippen LogP contribution is 2.20. The van der Waals surface area contributed by atoms with Crippen molar-refractivity contribution < 1.29 is 4.79 Å². The van der Waals surface area contributed by atoms with E-state index in [1.807, 2.05) is 13.8 Å². The van der Waals surface area contributed by atoms with Crippen LogP contribution in [0.1, 0.15) is 39.5 Å². The Labute approximate surface area is 68.4 Å². The zero-order valence-corrected chi connectivity index (χ0v) is 7.31. The van der Waals surface area contributed by atoms with Gasteiger partial charge >= 0.3 is 0 Å². The molecule has 0 spiro atoms. The second kappa shape index (κ2) is 3.74. The van der Waals surface area contributed by atoms with Crippen LogP contribution in [0, 0.1) is 5.92 Å². The first kappa shape index (κ1) is 8.57. The Hall–Kier alpha value is -0.530. The minimum Gasteiger partial charge on any atom is -0.353 e. The molecule has 1 N–H and O–H groups in total. The quantitative estimate of drug-likeness (QED) is 0.655. The zero-order chi connectivity index (χ0) is 8.27. The normalized spacial score (nSPS) is 17.0. The van der Waals surface area contributed by atoms with E-state index in [-0.39, 0.29) is 5.91 Å². The molecule has 2 nitrogen and oxygen atoms in total. The molecule has 1 fully saturated rings. The molecule has 1 aliphatic rings. The number of hydrogen-bond acceptors (Lipinski definition) is 1. The molecular weight excluding hydrogens is 138 g/mol. The Morgan fingerprint density at radius 2 is 1.91 bits per heavy atom. The van der Waals surface area contributed by atoms with Gasteiger partial charge in [0.2, 0.25) is 5.91 Å². The standard InChI is InChI=1S/C9H16NO/c1-3-7(4-2)9(11)10-8-5-6-8/h8H,3-6H2,1-2H3,(H,10,11). The molecular formula is C9H16NO. The maximum Gasteiger partial charge on any atom is 0.227 e. The Morgan fingerprint density at radius 1 is 1.36 bits per heavy atom. The van der Waals surface area contributed by atoms with E-state index in [0.29, 0.717) is 6.04 Å². The highest BCUT2D eigenvalue weighted by atomic mass is 16.1. The fourth-order valence-electron chi connectivity index (χ4n) is 1.09. The first-order valence-corrected chi connectivity index (χ1v) is 4.43. The van der Waals surface area contributed by atoms with E-state index in [9.17, 15) is 4.79 Å². The van der Waals surface area contributed by atoms with Gasteiger partial charge in [-0.1, -0.05) is 13.8 Å². The highest BCUT2D eigenvalue weighted by Gasteiger charge is 2.25. The van der Waals surface area contributed by atoms with Crippen molar-refractivity contribution in [1.29, 1.82) is 0 Å². The SMILES string of the molecule is CC[C](CC)C(=O)NC1CC1. The Balaban J connectivity index is 2.24. The number of amides is 1. The van der Waals surface area contributed by atoms with Crippen molar-refractivity contribution in [3.63, 3.8) is 0 Å². The summed E-state index contributed by atoms with van der Waals surface area (Å²) in [6, 6.07) is 0.496. The van der Waals surface area contributed by atoms with Gasteiger partial charge in [0.25, 0.3) is 0 Å². The third-order valence-corrected chi connectivity index (χ3v) is 2.09. The zero-order valence-electron chi connectivity index (χ0n) is 7.31. The summed E-state index contributed by atoms with van der Waals surface area (Å²) < 4.78 is 0. The monoisotopic (exact) mass is 154 g/mol. The molecule has 1 amide bonds. The molecule has 1 aliphatic carbocycles. The molecule has 1 radical (unpaired) electrons. The fraction of sp³-hybridized carbons (Fsp3) is 0.778. The van der Waals surface area contributed by atoms with Crippen molar-refractivity contribution in [2.45, 2.75) is 45.6 Å². The predicted molar refractivity (Wildman–Crippen MR) is 45.0 cm³/mol. The minimum absolute atomic E-state index is 0.178. The van der Waals surface area contributed by atoms with Crippen LogP contribution < -0.4 is 5.32 Å². The van der Waals surface area contributed by atoms with E-state index in [1.54, 1.807) is 0 Å². The lowest BCUT2D eigenvalue weighted by Crippen LogP contribution is -2.30. The van der Waals surface area contributed by atoms with E-state index in [1.165, 1.54) is 12.8 Å². The van der Waals surface area contributed by atoms with Crippen LogP contribution in [0.15, 0.2) is 0 Å². The maximum absolute atomic E-state index is 11.3. The molecule has 11 heavy (non-hydrogen) atoms. The molecule has 63 valence electrons. The molecule has 0 saturated heterocycles. The number of hydrogen-bond donors (Lipinski definition) is 1. The summed E-state index contributed by atoms with van der Waals surface area (Å²) in [6.07, 6.45) is 4.11. The van der Waals surface area contributed by atoms with Crippen molar-refractivity contribution in [2.75, 3.05) is 0 Å². The van der Waals surface area contributed by atoms with Crippen LogP contribution in [0.5, 0.6) is 0 Å². The molecule has 0 aliphatic heterocycles. The molecule has 1 rings (SSSR count). The third-order valence-electron chi connectivity index (χ3n) is 2.09. The van der Waals surface area contributed by atoms with Crippen molar-refractivity contribution in [1.82, 2.24) is 5.32 Å². The summed E-state index contributed by atoms with van der Waals surface area (Å²) in [5, 5.41) is 2.98. The Bertz CT molecular complexity index is 136. The average Bonchev–Trinajstić information content (AvgIpc) is 2.74. The number of carbonyl (C=O) groups excluding carboxylic acids is 1. The van der Waals surface area contributed by atoms with E-state index in [2.05, 4.69) is 5.32 Å². The van der Waals surface area contributed by atoms with Gasteiger partial charge in [-0.3, -0.25) is 4.79 Å². The minimum atomic E-state index is 0.178. The predicted octanol–water partition coefficient (Wildman–Crippen LogP) is 1.66. The summed E-state index contributed by atoms with van der Waals surface area (Å²) in [6.45, 7) is 4.07. The molecule has 0 bridgehead atoms. The largest absolute Gasteiger partial charge is 0.353 e. The van der Waals surface area contributed by atoms with Gasteiger partial charge in [0.05, 0.1) is 5.92 Å². The second-order valence-corrected chi connectivity index (χ2v) is 3.06. The fourth-order valence-corrected chi connectivity index (χ4v) is 1.09. The van der Waals surface area contributed by atoms with Gasteiger partial charge < -0.3 is 5.32 Å².